The first-order valence-electron chi connectivity index (χ1n) is 14.8. The number of rotatable bonds is 6. The number of aromatic nitrogens is 2. The molecule has 2 aromatic rings. The molecule has 1 fully saturated rings. The van der Waals surface area contributed by atoms with Gasteiger partial charge in [-0.15, -0.1) is 0 Å². The molecular formula is C31H40F3N7O. The SMILES string of the molecule is CN1CC=CC(C(F)(F)F)=C1N1CCc2c(ncnc2Nc2ccc3c(c2)CN(CCN2CCOCC2)CC3(C)C)C1. The Bertz CT molecular complexity index is 1370. The molecule has 0 aliphatic carbocycles. The highest BCUT2D eigenvalue weighted by molar-refractivity contribution is 5.62. The second-order valence-electron chi connectivity index (χ2n) is 12.4. The number of anilines is 2. The number of likely N-dealkylation sites (N-methyl/N-ethyl adjacent to an activating group) is 1. The lowest BCUT2D eigenvalue weighted by Gasteiger charge is -2.41. The van der Waals surface area contributed by atoms with Gasteiger partial charge in [0.15, 0.2) is 0 Å². The lowest BCUT2D eigenvalue weighted by Crippen LogP contribution is -2.46. The second kappa shape index (κ2) is 11.5. The van der Waals surface area contributed by atoms with Crippen LogP contribution in [0.3, 0.4) is 0 Å². The monoisotopic (exact) mass is 583 g/mol. The van der Waals surface area contributed by atoms with Crippen LogP contribution >= 0.6 is 0 Å². The summed E-state index contributed by atoms with van der Waals surface area (Å²) < 4.78 is 47.0. The van der Waals surface area contributed by atoms with E-state index in [1.165, 1.54) is 23.5 Å². The molecule has 5 heterocycles. The van der Waals surface area contributed by atoms with Crippen molar-refractivity contribution in [2.75, 3.05) is 71.4 Å². The zero-order valence-corrected chi connectivity index (χ0v) is 24.7. The number of nitrogens with one attached hydrogen (secondary N) is 1. The first kappa shape index (κ1) is 28.9. The molecule has 11 heteroatoms. The van der Waals surface area contributed by atoms with Gasteiger partial charge in [-0.1, -0.05) is 26.0 Å². The molecule has 4 aliphatic rings. The standard InChI is InChI=1S/C31H40F3N7O/c1-30(2)20-40(12-11-39-13-15-42-16-14-39)18-22-17-23(6-7-25(22)30)37-28-24-8-10-41(19-27(24)35-21-36-28)29-26(31(32,33)34)5-4-9-38(29)3/h4-7,17,21H,8-16,18-20H2,1-3H3,(H,35,36,37). The van der Waals surface area contributed by atoms with Gasteiger partial charge >= 0.3 is 6.18 Å². The number of hydrogen-bond donors (Lipinski definition) is 1. The number of morpholine rings is 1. The van der Waals surface area contributed by atoms with Gasteiger partial charge < -0.3 is 19.9 Å². The zero-order chi connectivity index (χ0) is 29.5. The number of alkyl halides is 3. The first-order valence-corrected chi connectivity index (χ1v) is 14.8. The average Bonchev–Trinajstić information content (AvgIpc) is 2.95. The summed E-state index contributed by atoms with van der Waals surface area (Å²) in [7, 11) is 1.70. The Kier molecular flexibility index (Phi) is 7.93. The molecule has 0 amide bonds. The molecule has 0 saturated carbocycles. The van der Waals surface area contributed by atoms with Gasteiger partial charge in [-0.25, -0.2) is 9.97 Å². The van der Waals surface area contributed by atoms with Gasteiger partial charge in [0.2, 0.25) is 0 Å². The van der Waals surface area contributed by atoms with Crippen LogP contribution in [0.25, 0.3) is 0 Å². The smallest absolute Gasteiger partial charge is 0.379 e. The average molecular weight is 584 g/mol. The molecule has 4 aliphatic heterocycles. The Labute approximate surface area is 245 Å². The van der Waals surface area contributed by atoms with Crippen LogP contribution < -0.4 is 5.32 Å². The van der Waals surface area contributed by atoms with Gasteiger partial charge in [-0.3, -0.25) is 9.80 Å². The van der Waals surface area contributed by atoms with Crippen LogP contribution in [0.15, 0.2) is 48.1 Å². The molecule has 226 valence electrons. The maximum atomic E-state index is 13.8. The molecule has 0 bridgehead atoms. The Morgan fingerprint density at radius 1 is 1.02 bits per heavy atom. The highest BCUT2D eigenvalue weighted by Gasteiger charge is 2.39. The molecule has 8 nitrogen and oxygen atoms in total. The maximum absolute atomic E-state index is 13.8. The molecule has 1 saturated heterocycles. The van der Waals surface area contributed by atoms with Crippen molar-refractivity contribution in [3.05, 3.63) is 70.5 Å². The lowest BCUT2D eigenvalue weighted by molar-refractivity contribution is -0.0926. The Balaban J connectivity index is 1.19. The van der Waals surface area contributed by atoms with E-state index in [9.17, 15) is 13.2 Å². The fourth-order valence-corrected chi connectivity index (χ4v) is 6.78. The molecule has 1 aromatic carbocycles. The fraction of sp³-hybridized carbons (Fsp3) is 0.548. The molecule has 0 unspecified atom stereocenters. The predicted octanol–water partition coefficient (Wildman–Crippen LogP) is 4.28. The van der Waals surface area contributed by atoms with E-state index in [1.807, 2.05) is 0 Å². The molecular weight excluding hydrogens is 543 g/mol. The molecule has 42 heavy (non-hydrogen) atoms. The number of hydrogen-bond acceptors (Lipinski definition) is 8. The Hall–Kier alpha value is -3.15. The van der Waals surface area contributed by atoms with Crippen molar-refractivity contribution >= 4 is 11.5 Å². The van der Waals surface area contributed by atoms with E-state index in [4.69, 9.17) is 4.74 Å². The van der Waals surface area contributed by atoms with E-state index >= 15 is 0 Å². The normalized spacial score (nSPS) is 21.4. The van der Waals surface area contributed by atoms with Crippen molar-refractivity contribution < 1.29 is 17.9 Å². The number of benzene rings is 1. The van der Waals surface area contributed by atoms with E-state index in [2.05, 4.69) is 57.1 Å². The van der Waals surface area contributed by atoms with E-state index in [1.54, 1.807) is 22.9 Å². The molecule has 6 rings (SSSR count). The van der Waals surface area contributed by atoms with Crippen LogP contribution in [0.1, 0.15) is 36.2 Å². The summed E-state index contributed by atoms with van der Waals surface area (Å²) in [4.78, 5) is 17.5. The highest BCUT2D eigenvalue weighted by atomic mass is 19.4. The van der Waals surface area contributed by atoms with Crippen LogP contribution in [0.2, 0.25) is 0 Å². The third kappa shape index (κ3) is 6.00. The summed E-state index contributed by atoms with van der Waals surface area (Å²) in [5, 5.41) is 3.52. The summed E-state index contributed by atoms with van der Waals surface area (Å²) in [5.41, 5.74) is 4.79. The van der Waals surface area contributed by atoms with Crippen molar-refractivity contribution in [1.29, 1.82) is 0 Å². The van der Waals surface area contributed by atoms with Gasteiger partial charge in [0.1, 0.15) is 18.0 Å². The first-order chi connectivity index (χ1) is 20.1. The van der Waals surface area contributed by atoms with Crippen molar-refractivity contribution in [3.8, 4) is 0 Å². The van der Waals surface area contributed by atoms with Crippen LogP contribution in [0, 0.1) is 0 Å². The second-order valence-corrected chi connectivity index (χ2v) is 12.4. The van der Waals surface area contributed by atoms with Gasteiger partial charge in [0.25, 0.3) is 0 Å². The molecule has 1 N–H and O–H groups in total. The number of nitrogens with zero attached hydrogens (tertiary/aromatic N) is 6. The van der Waals surface area contributed by atoms with E-state index in [0.717, 1.165) is 75.2 Å². The summed E-state index contributed by atoms with van der Waals surface area (Å²) in [6, 6.07) is 6.56. The van der Waals surface area contributed by atoms with Crippen LogP contribution in [0.5, 0.6) is 0 Å². The van der Waals surface area contributed by atoms with Crippen molar-refractivity contribution in [3.63, 3.8) is 0 Å². The third-order valence-electron chi connectivity index (χ3n) is 8.82. The lowest BCUT2D eigenvalue weighted by atomic mass is 9.78. The van der Waals surface area contributed by atoms with Gasteiger partial charge in [-0.05, 0) is 35.8 Å². The Morgan fingerprint density at radius 2 is 1.81 bits per heavy atom. The molecule has 0 radical (unpaired) electrons. The molecule has 0 spiro atoms. The van der Waals surface area contributed by atoms with Crippen LogP contribution in [-0.4, -0.2) is 102 Å². The van der Waals surface area contributed by atoms with Gasteiger partial charge in [0.05, 0.1) is 31.0 Å². The van der Waals surface area contributed by atoms with E-state index < -0.39 is 11.7 Å². The number of allylic oxidation sites excluding steroid dienone is 2. The Morgan fingerprint density at radius 3 is 2.60 bits per heavy atom. The van der Waals surface area contributed by atoms with Gasteiger partial charge in [-0.2, -0.15) is 13.2 Å². The summed E-state index contributed by atoms with van der Waals surface area (Å²) in [6.45, 7) is 13.4. The van der Waals surface area contributed by atoms with Crippen molar-refractivity contribution in [1.82, 2.24) is 29.6 Å². The quantitative estimate of drug-likeness (QED) is 0.541. The fourth-order valence-electron chi connectivity index (χ4n) is 6.78. The van der Waals surface area contributed by atoms with Crippen molar-refractivity contribution in [2.24, 2.45) is 0 Å². The number of halogens is 3. The topological polar surface area (TPSA) is 60.0 Å². The largest absolute Gasteiger partial charge is 0.419 e. The third-order valence-corrected chi connectivity index (χ3v) is 8.82. The summed E-state index contributed by atoms with van der Waals surface area (Å²) >= 11 is 0. The van der Waals surface area contributed by atoms with Crippen molar-refractivity contribution in [2.45, 2.75) is 44.9 Å². The molecule has 0 atom stereocenters. The minimum atomic E-state index is -4.42. The number of fused-ring (bicyclic) bond motifs is 2. The summed E-state index contributed by atoms with van der Waals surface area (Å²) in [5.74, 6) is 0.931. The highest BCUT2D eigenvalue weighted by Crippen LogP contribution is 2.38. The summed E-state index contributed by atoms with van der Waals surface area (Å²) in [6.07, 6.45) is 0.385. The molecule has 1 aromatic heterocycles. The number of ether oxygens (including phenoxy) is 1. The van der Waals surface area contributed by atoms with E-state index in [0.29, 0.717) is 26.1 Å². The minimum Gasteiger partial charge on any atom is -0.379 e. The van der Waals surface area contributed by atoms with Crippen LogP contribution in [0.4, 0.5) is 24.7 Å². The minimum absolute atomic E-state index is 0.0417. The predicted molar refractivity (Wildman–Crippen MR) is 156 cm³/mol. The van der Waals surface area contributed by atoms with Crippen LogP contribution in [-0.2, 0) is 29.7 Å². The zero-order valence-electron chi connectivity index (χ0n) is 24.7. The maximum Gasteiger partial charge on any atom is 0.419 e. The van der Waals surface area contributed by atoms with E-state index in [-0.39, 0.29) is 11.2 Å². The van der Waals surface area contributed by atoms with Gasteiger partial charge in [0, 0.05) is 76.1 Å².